The molecule has 0 aromatic heterocycles. The van der Waals surface area contributed by atoms with Crippen LogP contribution in [-0.4, -0.2) is 70.0 Å². The van der Waals surface area contributed by atoms with E-state index in [1.807, 2.05) is 21.1 Å². The number of unbranched alkanes of at least 4 members (excludes halogenated alkanes) is 28. The fraction of sp³-hybridized carbons (Fsp3) is 0.880. The summed E-state index contributed by atoms with van der Waals surface area (Å²) < 4.78 is 34.0. The molecule has 354 valence electrons. The predicted molar refractivity (Wildman–Crippen MR) is 250 cm³/mol. The lowest BCUT2D eigenvalue weighted by Gasteiger charge is -2.28. The second-order valence-corrected chi connectivity index (χ2v) is 19.6. The van der Waals surface area contributed by atoms with Crippen LogP contribution in [0.25, 0.3) is 0 Å². The van der Waals surface area contributed by atoms with Gasteiger partial charge in [0.1, 0.15) is 19.8 Å². The third-order valence-corrected chi connectivity index (χ3v) is 11.9. The number of esters is 2. The number of hydrogen-bond acceptors (Lipinski definition) is 8. The Morgan fingerprint density at radius 1 is 0.517 bits per heavy atom. The van der Waals surface area contributed by atoms with Crippen molar-refractivity contribution in [1.29, 1.82) is 0 Å². The van der Waals surface area contributed by atoms with Gasteiger partial charge in [-0.15, -0.1) is 0 Å². The summed E-state index contributed by atoms with van der Waals surface area (Å²) in [4.78, 5) is 37.6. The maximum atomic E-state index is 12.7. The smallest absolute Gasteiger partial charge is 0.306 e. The normalized spacial score (nSPS) is 13.6. The molecule has 0 N–H and O–H groups in total. The van der Waals surface area contributed by atoms with Gasteiger partial charge in [-0.25, -0.2) is 0 Å². The van der Waals surface area contributed by atoms with Crippen LogP contribution in [0.15, 0.2) is 24.3 Å². The molecule has 60 heavy (non-hydrogen) atoms. The molecule has 0 saturated carbocycles. The number of likely N-dealkylation sites (N-methyl/N-ethyl adjacent to an activating group) is 1. The van der Waals surface area contributed by atoms with Gasteiger partial charge in [0.25, 0.3) is 7.82 Å². The van der Waals surface area contributed by atoms with Crippen LogP contribution in [0.1, 0.15) is 232 Å². The molecule has 0 amide bonds. The van der Waals surface area contributed by atoms with Crippen LogP contribution in [0.5, 0.6) is 0 Å². The number of hydrogen-bond donors (Lipinski definition) is 0. The molecule has 0 aliphatic carbocycles. The predicted octanol–water partition coefficient (Wildman–Crippen LogP) is 14.1. The van der Waals surface area contributed by atoms with Crippen LogP contribution >= 0.6 is 7.82 Å². The zero-order valence-electron chi connectivity index (χ0n) is 39.9. The molecule has 0 fully saturated rings. The fourth-order valence-electron chi connectivity index (χ4n) is 7.04. The number of carbonyl (C=O) groups excluding carboxylic acids is 2. The van der Waals surface area contributed by atoms with Crippen molar-refractivity contribution in [2.45, 2.75) is 238 Å². The van der Waals surface area contributed by atoms with E-state index in [-0.39, 0.29) is 32.0 Å². The van der Waals surface area contributed by atoms with Crippen LogP contribution in [-0.2, 0) is 32.7 Å². The molecule has 9 nitrogen and oxygen atoms in total. The number of phosphoric acid groups is 1. The van der Waals surface area contributed by atoms with E-state index in [0.29, 0.717) is 17.4 Å². The molecule has 0 rings (SSSR count). The topological polar surface area (TPSA) is 111 Å². The number of ether oxygens (including phenoxy) is 2. The lowest BCUT2D eigenvalue weighted by atomic mass is 10.0. The second-order valence-electron chi connectivity index (χ2n) is 18.2. The summed E-state index contributed by atoms with van der Waals surface area (Å²) in [6.45, 7) is 4.22. The van der Waals surface area contributed by atoms with Gasteiger partial charge >= 0.3 is 11.9 Å². The lowest BCUT2D eigenvalue weighted by molar-refractivity contribution is -0.870. The van der Waals surface area contributed by atoms with E-state index in [0.717, 1.165) is 44.9 Å². The van der Waals surface area contributed by atoms with Crippen molar-refractivity contribution in [3.8, 4) is 0 Å². The molecule has 0 aromatic carbocycles. The van der Waals surface area contributed by atoms with Crippen molar-refractivity contribution in [2.24, 2.45) is 0 Å². The number of quaternary nitrogens is 1. The Morgan fingerprint density at radius 2 is 0.900 bits per heavy atom. The largest absolute Gasteiger partial charge is 0.756 e. The summed E-state index contributed by atoms with van der Waals surface area (Å²) in [5.41, 5.74) is 0. The molecular formula is C50H96NO8P. The van der Waals surface area contributed by atoms with E-state index in [2.05, 4.69) is 38.2 Å². The molecule has 0 radical (unpaired) electrons. The van der Waals surface area contributed by atoms with Crippen molar-refractivity contribution in [3.63, 3.8) is 0 Å². The molecule has 2 atom stereocenters. The van der Waals surface area contributed by atoms with Gasteiger partial charge in [0.2, 0.25) is 0 Å². The number of nitrogens with zero attached hydrogens (tertiary/aromatic N) is 1. The highest BCUT2D eigenvalue weighted by Gasteiger charge is 2.21. The third kappa shape index (κ3) is 46.0. The van der Waals surface area contributed by atoms with Crippen molar-refractivity contribution in [1.82, 2.24) is 0 Å². The Balaban J connectivity index is 4.25. The number of carbonyl (C=O) groups is 2. The molecule has 0 aliphatic rings. The molecular weight excluding hydrogens is 774 g/mol. The Labute approximate surface area is 370 Å². The van der Waals surface area contributed by atoms with Crippen LogP contribution in [0.4, 0.5) is 0 Å². The molecule has 0 saturated heterocycles. The van der Waals surface area contributed by atoms with E-state index in [1.165, 1.54) is 154 Å². The van der Waals surface area contributed by atoms with Crippen LogP contribution in [0.2, 0.25) is 0 Å². The van der Waals surface area contributed by atoms with Crippen molar-refractivity contribution in [2.75, 3.05) is 47.5 Å². The van der Waals surface area contributed by atoms with Gasteiger partial charge in [-0.05, 0) is 44.9 Å². The first kappa shape index (κ1) is 58.5. The minimum atomic E-state index is -4.63. The van der Waals surface area contributed by atoms with Crippen molar-refractivity contribution < 1.29 is 42.1 Å². The zero-order valence-corrected chi connectivity index (χ0v) is 40.8. The molecule has 0 aliphatic heterocycles. The maximum absolute atomic E-state index is 12.7. The van der Waals surface area contributed by atoms with Gasteiger partial charge in [-0.1, -0.05) is 199 Å². The third-order valence-electron chi connectivity index (χ3n) is 11.0. The molecule has 0 bridgehead atoms. The first-order chi connectivity index (χ1) is 29.0. The first-order valence-corrected chi connectivity index (χ1v) is 26.5. The summed E-state index contributed by atoms with van der Waals surface area (Å²) in [5.74, 6) is -0.861. The van der Waals surface area contributed by atoms with Crippen LogP contribution < -0.4 is 4.89 Å². The van der Waals surface area contributed by atoms with E-state index < -0.39 is 26.5 Å². The van der Waals surface area contributed by atoms with Gasteiger partial charge in [0.05, 0.1) is 27.7 Å². The fourth-order valence-corrected chi connectivity index (χ4v) is 7.77. The SMILES string of the molecule is CCCCCCCC/C=C/C/C=C/CCCCC(=O)O[C@@H](COC(=O)CCCCCCCCCCCCCCCCCCCCCCC)COP(=O)([O-])OCC[N+](C)(C)C. The number of phosphoric ester groups is 1. The summed E-state index contributed by atoms with van der Waals surface area (Å²) in [7, 11) is 1.15. The molecule has 0 aromatic rings. The first-order valence-electron chi connectivity index (χ1n) is 25.0. The zero-order chi connectivity index (χ0) is 44.3. The standard InChI is InChI=1S/C50H96NO8P/c1-6-8-10-12-14-16-18-20-22-23-24-25-26-27-29-30-32-34-36-38-40-42-49(52)56-46-48(47-58-60(54,55)57-45-44-51(3,4)5)59-50(53)43-41-39-37-35-33-31-28-21-19-17-15-13-11-9-7-2/h21,28,33,35,48H,6-20,22-27,29-32,34,36-47H2,1-5H3/b28-21+,35-33+/t48-/m0/s1. The van der Waals surface area contributed by atoms with Gasteiger partial charge < -0.3 is 27.9 Å². The highest BCUT2D eigenvalue weighted by atomic mass is 31.2. The Morgan fingerprint density at radius 3 is 1.35 bits per heavy atom. The van der Waals surface area contributed by atoms with E-state index in [4.69, 9.17) is 18.5 Å². The number of rotatable bonds is 46. The van der Waals surface area contributed by atoms with Gasteiger partial charge in [0.15, 0.2) is 6.10 Å². The van der Waals surface area contributed by atoms with Crippen LogP contribution in [0, 0.1) is 0 Å². The Kier molecular flexibility index (Phi) is 41.7. The Hall–Kier alpha value is -1.51. The number of allylic oxidation sites excluding steroid dienone is 4. The highest BCUT2D eigenvalue weighted by Crippen LogP contribution is 2.38. The van der Waals surface area contributed by atoms with Crippen molar-refractivity contribution >= 4 is 19.8 Å². The Bertz CT molecular complexity index is 1070. The van der Waals surface area contributed by atoms with E-state index in [9.17, 15) is 19.0 Å². The summed E-state index contributed by atoms with van der Waals surface area (Å²) >= 11 is 0. The molecule has 0 heterocycles. The summed E-state index contributed by atoms with van der Waals surface area (Å²) in [6.07, 6.45) is 47.9. The highest BCUT2D eigenvalue weighted by molar-refractivity contribution is 7.45. The monoisotopic (exact) mass is 870 g/mol. The van der Waals surface area contributed by atoms with Crippen molar-refractivity contribution in [3.05, 3.63) is 24.3 Å². The van der Waals surface area contributed by atoms with Crippen LogP contribution in [0.3, 0.4) is 0 Å². The summed E-state index contributed by atoms with van der Waals surface area (Å²) in [6, 6.07) is 0. The average molecular weight is 870 g/mol. The quantitative estimate of drug-likeness (QED) is 0.0195. The lowest BCUT2D eigenvalue weighted by Crippen LogP contribution is -2.37. The molecule has 0 spiro atoms. The van der Waals surface area contributed by atoms with Gasteiger partial charge in [0, 0.05) is 12.8 Å². The maximum Gasteiger partial charge on any atom is 0.306 e. The van der Waals surface area contributed by atoms with Gasteiger partial charge in [-0.3, -0.25) is 14.2 Å². The van der Waals surface area contributed by atoms with Gasteiger partial charge in [-0.2, -0.15) is 0 Å². The minimum absolute atomic E-state index is 0.0346. The molecule has 10 heteroatoms. The minimum Gasteiger partial charge on any atom is -0.756 e. The summed E-state index contributed by atoms with van der Waals surface area (Å²) in [5, 5.41) is 0. The average Bonchev–Trinajstić information content (AvgIpc) is 3.20. The molecule has 1 unspecified atom stereocenters. The van der Waals surface area contributed by atoms with E-state index in [1.54, 1.807) is 0 Å². The van der Waals surface area contributed by atoms with E-state index >= 15 is 0 Å². The second kappa shape index (κ2) is 42.8.